The maximum Gasteiger partial charge on any atom is 0.314 e. The summed E-state index contributed by atoms with van der Waals surface area (Å²) < 4.78 is 1.04. The minimum absolute atomic E-state index is 0.284. The molecule has 0 aliphatic heterocycles. The molecule has 2 N–H and O–H groups in total. The van der Waals surface area contributed by atoms with Crippen molar-refractivity contribution in [1.29, 1.82) is 0 Å². The summed E-state index contributed by atoms with van der Waals surface area (Å²) in [5, 5.41) is 9.30. The molecule has 0 heterocycles. The van der Waals surface area contributed by atoms with Crippen LogP contribution in [0.25, 0.3) is 0 Å². The predicted octanol–water partition coefficient (Wildman–Crippen LogP) is 6.21. The van der Waals surface area contributed by atoms with Gasteiger partial charge < -0.3 is 5.11 Å². The molecule has 0 aromatic heterocycles. The molecule has 0 aliphatic carbocycles. The summed E-state index contributed by atoms with van der Waals surface area (Å²) in [4.78, 5) is 0. The zero-order chi connectivity index (χ0) is 17.2. The highest BCUT2D eigenvalue weighted by atomic mass is 79.9. The first kappa shape index (κ1) is 18.6. The van der Waals surface area contributed by atoms with E-state index >= 15 is 0 Å². The van der Waals surface area contributed by atoms with Crippen molar-refractivity contribution < 1.29 is 5.11 Å². The Bertz CT molecular complexity index is 698. The van der Waals surface area contributed by atoms with Crippen molar-refractivity contribution in [2.45, 2.75) is 44.8 Å². The molecule has 0 amide bonds. The van der Waals surface area contributed by atoms with Crippen LogP contribution in [0.2, 0.25) is 23.2 Å². The minimum Gasteiger partial charge on any atom is -0.593 e. The van der Waals surface area contributed by atoms with Gasteiger partial charge in [-0.25, -0.2) is 0 Å². The molecule has 0 radical (unpaired) electrons. The molecule has 2 rings (SSSR count). The van der Waals surface area contributed by atoms with Crippen LogP contribution in [0.1, 0.15) is 30.5 Å². The fraction of sp³-hybridized carbons (Fsp3) is 0.368. The second-order valence-corrected chi connectivity index (χ2v) is 11.6. The molecule has 0 fully saturated rings. The molecule has 0 unspecified atom stereocenters. The van der Waals surface area contributed by atoms with E-state index in [2.05, 4.69) is 55.0 Å². The Balaban J connectivity index is 2.28. The SMILES string of the molecule is C[Si+](C)C(C)(C)Cc1cc(Cc2cc(Br)ccc2Cl)ccc1[OH2+]. The van der Waals surface area contributed by atoms with Crippen LogP contribution >= 0.6 is 27.5 Å². The summed E-state index contributed by atoms with van der Waals surface area (Å²) in [6.45, 7) is 9.33. The smallest absolute Gasteiger partial charge is 0.314 e. The van der Waals surface area contributed by atoms with Crippen LogP contribution in [0.15, 0.2) is 40.9 Å². The van der Waals surface area contributed by atoms with Gasteiger partial charge in [0.1, 0.15) is 0 Å². The minimum atomic E-state index is -0.419. The van der Waals surface area contributed by atoms with E-state index in [9.17, 15) is 0 Å². The van der Waals surface area contributed by atoms with Crippen LogP contribution < -0.4 is 0 Å². The quantitative estimate of drug-likeness (QED) is 0.412. The Kier molecular flexibility index (Phi) is 5.98. The predicted molar refractivity (Wildman–Crippen MR) is 107 cm³/mol. The molecular formula is C19H24BrClOSi+2. The number of hydrogen-bond acceptors (Lipinski definition) is 0. The zero-order valence-corrected chi connectivity index (χ0v) is 17.5. The molecule has 0 atom stereocenters. The summed E-state index contributed by atoms with van der Waals surface area (Å²) in [5.41, 5.74) is 3.47. The van der Waals surface area contributed by atoms with Gasteiger partial charge in [-0.1, -0.05) is 27.5 Å². The lowest BCUT2D eigenvalue weighted by Gasteiger charge is -2.18. The van der Waals surface area contributed by atoms with E-state index in [4.69, 9.17) is 16.7 Å². The van der Waals surface area contributed by atoms with E-state index in [-0.39, 0.29) is 5.04 Å². The van der Waals surface area contributed by atoms with Gasteiger partial charge in [0.25, 0.3) is 5.75 Å². The second-order valence-electron chi connectivity index (χ2n) is 6.96. The van der Waals surface area contributed by atoms with Crippen LogP contribution in [-0.2, 0) is 12.8 Å². The van der Waals surface area contributed by atoms with E-state index in [1.165, 1.54) is 5.56 Å². The number of halogens is 2. The van der Waals surface area contributed by atoms with Gasteiger partial charge in [-0.3, -0.25) is 0 Å². The molecule has 0 spiro atoms. The molecular weight excluding hydrogens is 388 g/mol. The Hall–Kier alpha value is -0.773. The summed E-state index contributed by atoms with van der Waals surface area (Å²) in [6, 6.07) is 12.1. The first-order valence-electron chi connectivity index (χ1n) is 7.77. The molecule has 4 heteroatoms. The van der Waals surface area contributed by atoms with Gasteiger partial charge in [-0.15, -0.1) is 0 Å². The average molecular weight is 412 g/mol. The van der Waals surface area contributed by atoms with Crippen molar-refractivity contribution in [3.63, 3.8) is 0 Å². The Morgan fingerprint density at radius 1 is 1.09 bits per heavy atom. The largest absolute Gasteiger partial charge is 0.593 e. The number of benzene rings is 2. The lowest BCUT2D eigenvalue weighted by Crippen LogP contribution is -2.23. The maximum atomic E-state index is 8.22. The third-order valence-corrected chi connectivity index (χ3v) is 8.30. The van der Waals surface area contributed by atoms with E-state index in [0.717, 1.165) is 33.5 Å². The monoisotopic (exact) mass is 410 g/mol. The van der Waals surface area contributed by atoms with Crippen molar-refractivity contribution in [3.05, 3.63) is 62.6 Å². The van der Waals surface area contributed by atoms with Crippen molar-refractivity contribution in [2.24, 2.45) is 0 Å². The molecule has 0 saturated carbocycles. The number of rotatable bonds is 5. The summed E-state index contributed by atoms with van der Waals surface area (Å²) in [7, 11) is -0.419. The Morgan fingerprint density at radius 2 is 1.78 bits per heavy atom. The normalized spacial score (nSPS) is 11.6. The van der Waals surface area contributed by atoms with Gasteiger partial charge in [0.2, 0.25) is 0 Å². The van der Waals surface area contributed by atoms with Crippen LogP contribution in [0.4, 0.5) is 0 Å². The lowest BCUT2D eigenvalue weighted by molar-refractivity contribution is 0.463. The molecule has 0 aliphatic rings. The van der Waals surface area contributed by atoms with Crippen molar-refractivity contribution in [1.82, 2.24) is 0 Å². The van der Waals surface area contributed by atoms with Gasteiger partial charge in [-0.05, 0) is 61.7 Å². The molecule has 122 valence electrons. The van der Waals surface area contributed by atoms with Crippen LogP contribution in [0.3, 0.4) is 0 Å². The Morgan fingerprint density at radius 3 is 2.43 bits per heavy atom. The molecule has 0 bridgehead atoms. The second kappa shape index (κ2) is 7.41. The molecule has 2 aromatic rings. The lowest BCUT2D eigenvalue weighted by atomic mass is 9.96. The highest BCUT2D eigenvalue weighted by molar-refractivity contribution is 9.10. The molecule has 2 aromatic carbocycles. The van der Waals surface area contributed by atoms with Gasteiger partial charge in [0, 0.05) is 22.0 Å². The topological polar surface area (TPSA) is 22.9 Å². The fourth-order valence-electron chi connectivity index (χ4n) is 2.45. The van der Waals surface area contributed by atoms with Crippen molar-refractivity contribution in [3.8, 4) is 5.75 Å². The van der Waals surface area contributed by atoms with E-state index in [1.807, 2.05) is 24.3 Å². The zero-order valence-electron chi connectivity index (χ0n) is 14.1. The standard InChI is InChI=1S/C19H22BrClOSi/c1-19(2,23(3)4)12-15-10-13(5-8-18(15)22)9-14-11-16(20)6-7-17(14)21/h5-8,10-11H,9,12H2,1-4H3/p+2. The van der Waals surface area contributed by atoms with Crippen LogP contribution in [0.5, 0.6) is 5.75 Å². The van der Waals surface area contributed by atoms with E-state index in [0.29, 0.717) is 5.75 Å². The highest BCUT2D eigenvalue weighted by Gasteiger charge is 2.37. The van der Waals surface area contributed by atoms with Crippen molar-refractivity contribution >= 4 is 36.3 Å². The van der Waals surface area contributed by atoms with E-state index in [1.54, 1.807) is 0 Å². The fourth-order valence-corrected chi connectivity index (χ4v) is 3.59. The first-order chi connectivity index (χ1) is 10.7. The third kappa shape index (κ3) is 4.85. The third-order valence-electron chi connectivity index (χ3n) is 4.56. The summed E-state index contributed by atoms with van der Waals surface area (Å²) in [5.74, 6) is 0.644. The van der Waals surface area contributed by atoms with Crippen molar-refractivity contribution in [2.75, 3.05) is 0 Å². The van der Waals surface area contributed by atoms with Gasteiger partial charge in [-0.2, -0.15) is 0 Å². The highest BCUT2D eigenvalue weighted by Crippen LogP contribution is 2.36. The Labute approximate surface area is 154 Å². The van der Waals surface area contributed by atoms with Gasteiger partial charge >= 0.3 is 8.80 Å². The molecule has 23 heavy (non-hydrogen) atoms. The van der Waals surface area contributed by atoms with Crippen LogP contribution in [0, 0.1) is 0 Å². The van der Waals surface area contributed by atoms with Crippen LogP contribution in [-0.4, -0.2) is 13.9 Å². The number of hydrogen-bond donors (Lipinski definition) is 0. The molecule has 0 saturated heterocycles. The van der Waals surface area contributed by atoms with E-state index < -0.39 is 8.80 Å². The summed E-state index contributed by atoms with van der Waals surface area (Å²) >= 11 is 9.82. The maximum absolute atomic E-state index is 8.22. The van der Waals surface area contributed by atoms with Gasteiger partial charge in [0.05, 0.1) is 23.7 Å². The first-order valence-corrected chi connectivity index (χ1v) is 11.4. The average Bonchev–Trinajstić information content (AvgIpc) is 2.46. The van der Waals surface area contributed by atoms with Gasteiger partial charge in [0.15, 0.2) is 0 Å². The summed E-state index contributed by atoms with van der Waals surface area (Å²) in [6.07, 6.45) is 1.76. The molecule has 1 nitrogen and oxygen atoms in total.